The van der Waals surface area contributed by atoms with Crippen LogP contribution >= 0.6 is 0 Å². The molecule has 0 saturated heterocycles. The van der Waals surface area contributed by atoms with Gasteiger partial charge in [0.15, 0.2) is 0 Å². The molecular formula is C14H19NO. The maximum absolute atomic E-state index is 5.97. The lowest BCUT2D eigenvalue weighted by atomic mass is 9.97. The Morgan fingerprint density at radius 1 is 1.31 bits per heavy atom. The molecule has 1 aromatic carbocycles. The Morgan fingerprint density at radius 2 is 2.06 bits per heavy atom. The smallest absolute Gasteiger partial charge is 0.130 e. The quantitative estimate of drug-likeness (QED) is 0.826. The second-order valence-corrected chi connectivity index (χ2v) is 4.91. The monoisotopic (exact) mass is 217 g/mol. The van der Waals surface area contributed by atoms with Gasteiger partial charge in [-0.1, -0.05) is 12.1 Å². The van der Waals surface area contributed by atoms with Crippen molar-refractivity contribution in [2.24, 2.45) is 5.73 Å². The Balaban J connectivity index is 2.43. The summed E-state index contributed by atoms with van der Waals surface area (Å²) in [5.74, 6) is 1.01. The summed E-state index contributed by atoms with van der Waals surface area (Å²) < 4.78 is 5.97. The molecule has 0 fully saturated rings. The van der Waals surface area contributed by atoms with Gasteiger partial charge in [0.25, 0.3) is 0 Å². The van der Waals surface area contributed by atoms with Gasteiger partial charge in [-0.3, -0.25) is 0 Å². The molecule has 2 N–H and O–H groups in total. The highest BCUT2D eigenvalue weighted by Crippen LogP contribution is 2.34. The molecule has 0 bridgehead atoms. The molecule has 2 nitrogen and oxygen atoms in total. The van der Waals surface area contributed by atoms with Crippen LogP contribution < -0.4 is 10.5 Å². The van der Waals surface area contributed by atoms with Gasteiger partial charge in [0.2, 0.25) is 0 Å². The van der Waals surface area contributed by atoms with Gasteiger partial charge >= 0.3 is 0 Å². The number of hydrogen-bond donors (Lipinski definition) is 1. The summed E-state index contributed by atoms with van der Waals surface area (Å²) >= 11 is 0. The van der Waals surface area contributed by atoms with E-state index in [2.05, 4.69) is 45.1 Å². The predicted octanol–water partition coefficient (Wildman–Crippen LogP) is 2.68. The molecule has 1 aliphatic rings. The van der Waals surface area contributed by atoms with E-state index in [1.54, 1.807) is 0 Å². The van der Waals surface area contributed by atoms with Gasteiger partial charge in [-0.2, -0.15) is 0 Å². The van der Waals surface area contributed by atoms with Gasteiger partial charge in [-0.15, -0.1) is 0 Å². The first-order valence-corrected chi connectivity index (χ1v) is 5.74. The summed E-state index contributed by atoms with van der Waals surface area (Å²) in [4.78, 5) is 0. The lowest BCUT2D eigenvalue weighted by Crippen LogP contribution is -2.28. The van der Waals surface area contributed by atoms with Crippen LogP contribution in [0.2, 0.25) is 0 Å². The standard InChI is InChI=1S/C14H19NO/c1-10-8-11(5-7-15)9-12-4-6-14(2,3)16-13(10)12/h4,6,8-9H,5,7,15H2,1-3H3. The van der Waals surface area contributed by atoms with Gasteiger partial charge < -0.3 is 10.5 Å². The van der Waals surface area contributed by atoms with E-state index in [1.807, 2.05) is 0 Å². The van der Waals surface area contributed by atoms with Crippen LogP contribution in [0.25, 0.3) is 6.08 Å². The van der Waals surface area contributed by atoms with E-state index in [-0.39, 0.29) is 5.60 Å². The molecule has 16 heavy (non-hydrogen) atoms. The van der Waals surface area contributed by atoms with E-state index < -0.39 is 0 Å². The summed E-state index contributed by atoms with van der Waals surface area (Å²) in [5.41, 5.74) is 9.03. The largest absolute Gasteiger partial charge is 0.483 e. The lowest BCUT2D eigenvalue weighted by Gasteiger charge is -2.29. The summed E-state index contributed by atoms with van der Waals surface area (Å²) in [6, 6.07) is 4.34. The summed E-state index contributed by atoms with van der Waals surface area (Å²) in [5, 5.41) is 0. The molecule has 0 aromatic heterocycles. The maximum Gasteiger partial charge on any atom is 0.130 e. The zero-order valence-electron chi connectivity index (χ0n) is 10.2. The van der Waals surface area contributed by atoms with Crippen LogP contribution in [0.3, 0.4) is 0 Å². The molecule has 1 aliphatic heterocycles. The number of hydrogen-bond acceptors (Lipinski definition) is 2. The molecule has 0 radical (unpaired) electrons. The number of nitrogens with two attached hydrogens (primary N) is 1. The van der Waals surface area contributed by atoms with E-state index >= 15 is 0 Å². The van der Waals surface area contributed by atoms with Crippen molar-refractivity contribution in [2.75, 3.05) is 6.54 Å². The normalized spacial score (nSPS) is 16.8. The SMILES string of the molecule is Cc1cc(CCN)cc2c1OC(C)(C)C=C2. The third-order valence-corrected chi connectivity index (χ3v) is 2.83. The fourth-order valence-corrected chi connectivity index (χ4v) is 2.04. The van der Waals surface area contributed by atoms with Crippen molar-refractivity contribution in [3.05, 3.63) is 34.9 Å². The fourth-order valence-electron chi connectivity index (χ4n) is 2.04. The van der Waals surface area contributed by atoms with E-state index in [1.165, 1.54) is 16.7 Å². The first-order valence-electron chi connectivity index (χ1n) is 5.74. The zero-order valence-corrected chi connectivity index (χ0v) is 10.2. The molecule has 1 aromatic rings. The van der Waals surface area contributed by atoms with E-state index in [9.17, 15) is 0 Å². The number of rotatable bonds is 2. The van der Waals surface area contributed by atoms with Crippen molar-refractivity contribution in [1.29, 1.82) is 0 Å². The number of ether oxygens (including phenoxy) is 1. The Morgan fingerprint density at radius 3 is 2.75 bits per heavy atom. The molecule has 0 unspecified atom stereocenters. The first kappa shape index (κ1) is 11.2. The third-order valence-electron chi connectivity index (χ3n) is 2.83. The van der Waals surface area contributed by atoms with Gasteiger partial charge in [0.1, 0.15) is 11.4 Å². The van der Waals surface area contributed by atoms with Crippen molar-refractivity contribution in [2.45, 2.75) is 32.8 Å². The van der Waals surface area contributed by atoms with Crippen molar-refractivity contribution >= 4 is 6.08 Å². The molecule has 0 atom stereocenters. The lowest BCUT2D eigenvalue weighted by molar-refractivity contribution is 0.157. The topological polar surface area (TPSA) is 35.2 Å². The first-order chi connectivity index (χ1) is 7.52. The third kappa shape index (κ3) is 2.12. The van der Waals surface area contributed by atoms with Gasteiger partial charge in [0, 0.05) is 5.56 Å². The minimum Gasteiger partial charge on any atom is -0.483 e. The number of benzene rings is 1. The molecule has 1 heterocycles. The molecule has 2 heteroatoms. The molecule has 0 spiro atoms. The van der Waals surface area contributed by atoms with E-state index in [0.29, 0.717) is 6.54 Å². The molecule has 86 valence electrons. The van der Waals surface area contributed by atoms with E-state index in [0.717, 1.165) is 12.2 Å². The van der Waals surface area contributed by atoms with Crippen molar-refractivity contribution in [3.63, 3.8) is 0 Å². The Hall–Kier alpha value is -1.28. The van der Waals surface area contributed by atoms with Crippen molar-refractivity contribution in [3.8, 4) is 5.75 Å². The van der Waals surface area contributed by atoms with Crippen LogP contribution in [0, 0.1) is 6.92 Å². The van der Waals surface area contributed by atoms with Crippen LogP contribution in [0.15, 0.2) is 18.2 Å². The van der Waals surface area contributed by atoms with Crippen LogP contribution in [-0.4, -0.2) is 12.1 Å². The minimum atomic E-state index is -0.201. The zero-order chi connectivity index (χ0) is 11.8. The second kappa shape index (κ2) is 3.95. The maximum atomic E-state index is 5.97. The molecular weight excluding hydrogens is 198 g/mol. The predicted molar refractivity (Wildman–Crippen MR) is 67.7 cm³/mol. The Labute approximate surface area is 97.1 Å². The summed E-state index contributed by atoms with van der Waals surface area (Å²) in [7, 11) is 0. The molecule has 0 saturated carbocycles. The van der Waals surface area contributed by atoms with Gasteiger partial charge in [-0.05, 0) is 57.0 Å². The van der Waals surface area contributed by atoms with Crippen molar-refractivity contribution in [1.82, 2.24) is 0 Å². The highest BCUT2D eigenvalue weighted by atomic mass is 16.5. The highest BCUT2D eigenvalue weighted by molar-refractivity contribution is 5.64. The number of aryl methyl sites for hydroxylation is 1. The Bertz CT molecular complexity index is 433. The Kier molecular flexibility index (Phi) is 2.76. The second-order valence-electron chi connectivity index (χ2n) is 4.91. The molecule has 2 rings (SSSR count). The van der Waals surface area contributed by atoms with Crippen LogP contribution in [0.5, 0.6) is 5.75 Å². The van der Waals surface area contributed by atoms with Crippen LogP contribution in [-0.2, 0) is 6.42 Å². The highest BCUT2D eigenvalue weighted by Gasteiger charge is 2.23. The average Bonchev–Trinajstić information content (AvgIpc) is 2.19. The van der Waals surface area contributed by atoms with Crippen LogP contribution in [0.4, 0.5) is 0 Å². The minimum absolute atomic E-state index is 0.201. The summed E-state index contributed by atoms with van der Waals surface area (Å²) in [6.07, 6.45) is 5.16. The van der Waals surface area contributed by atoms with E-state index in [4.69, 9.17) is 10.5 Å². The van der Waals surface area contributed by atoms with Gasteiger partial charge in [-0.25, -0.2) is 0 Å². The van der Waals surface area contributed by atoms with Crippen molar-refractivity contribution < 1.29 is 4.74 Å². The fraction of sp³-hybridized carbons (Fsp3) is 0.429. The molecule has 0 aliphatic carbocycles. The summed E-state index contributed by atoms with van der Waals surface area (Å²) in [6.45, 7) is 6.92. The average molecular weight is 217 g/mol. The van der Waals surface area contributed by atoms with Gasteiger partial charge in [0.05, 0.1) is 0 Å². The molecule has 0 amide bonds. The van der Waals surface area contributed by atoms with Crippen LogP contribution in [0.1, 0.15) is 30.5 Å². The number of fused-ring (bicyclic) bond motifs is 1.